The Morgan fingerprint density at radius 1 is 0.625 bits per heavy atom. The molecule has 3 saturated heterocycles. The molecule has 0 spiro atoms. The molecular formula is C16H32N4O3S. The fourth-order valence-electron chi connectivity index (χ4n) is 3.77. The van der Waals surface area contributed by atoms with E-state index in [1.165, 1.54) is 0 Å². The van der Waals surface area contributed by atoms with E-state index < -0.39 is 10.2 Å². The lowest BCUT2D eigenvalue weighted by molar-refractivity contribution is 0.0336. The van der Waals surface area contributed by atoms with Crippen molar-refractivity contribution in [3.8, 4) is 0 Å². The molecule has 140 valence electrons. The molecule has 3 aliphatic heterocycles. The van der Waals surface area contributed by atoms with E-state index in [0.29, 0.717) is 26.2 Å². The standard InChI is InChI=1S/C16H32N4O3S/c21-24(22,19-6-2-1-3-7-19)20-8-4-5-17(11-12-20)9-10-18-13-15-23-16-14-18/h1-16H2. The van der Waals surface area contributed by atoms with Crippen molar-refractivity contribution >= 4 is 10.2 Å². The molecule has 0 unspecified atom stereocenters. The van der Waals surface area contributed by atoms with Crippen LogP contribution < -0.4 is 0 Å². The highest BCUT2D eigenvalue weighted by Crippen LogP contribution is 2.18. The van der Waals surface area contributed by atoms with Crippen molar-refractivity contribution in [1.29, 1.82) is 0 Å². The van der Waals surface area contributed by atoms with Crippen LogP contribution in [0.25, 0.3) is 0 Å². The van der Waals surface area contributed by atoms with E-state index in [1.54, 1.807) is 8.61 Å². The van der Waals surface area contributed by atoms with Crippen LogP contribution >= 0.6 is 0 Å². The molecule has 0 bridgehead atoms. The molecule has 24 heavy (non-hydrogen) atoms. The Morgan fingerprint density at radius 3 is 1.92 bits per heavy atom. The van der Waals surface area contributed by atoms with Crippen molar-refractivity contribution in [1.82, 2.24) is 18.4 Å². The minimum absolute atomic E-state index is 0.627. The van der Waals surface area contributed by atoms with Gasteiger partial charge in [0.05, 0.1) is 13.2 Å². The summed E-state index contributed by atoms with van der Waals surface area (Å²) in [7, 11) is -3.25. The summed E-state index contributed by atoms with van der Waals surface area (Å²) in [5.74, 6) is 0. The summed E-state index contributed by atoms with van der Waals surface area (Å²) in [5.41, 5.74) is 0. The second-order valence-corrected chi connectivity index (χ2v) is 8.94. The first-order chi connectivity index (χ1) is 11.7. The lowest BCUT2D eigenvalue weighted by Gasteiger charge is -2.31. The van der Waals surface area contributed by atoms with Crippen LogP contribution in [0.2, 0.25) is 0 Å². The molecule has 0 aromatic heterocycles. The normalized spacial score (nSPS) is 27.2. The Kier molecular flexibility index (Phi) is 6.88. The topological polar surface area (TPSA) is 56.3 Å². The van der Waals surface area contributed by atoms with Crippen LogP contribution in [0.5, 0.6) is 0 Å². The molecule has 3 heterocycles. The molecule has 7 nitrogen and oxygen atoms in total. The van der Waals surface area contributed by atoms with Gasteiger partial charge in [-0.3, -0.25) is 4.90 Å². The number of nitrogens with zero attached hydrogens (tertiary/aromatic N) is 4. The molecule has 0 aromatic rings. The Hall–Kier alpha value is -0.250. The lowest BCUT2D eigenvalue weighted by atomic mass is 10.2. The van der Waals surface area contributed by atoms with Gasteiger partial charge in [-0.2, -0.15) is 17.0 Å². The van der Waals surface area contributed by atoms with Gasteiger partial charge < -0.3 is 9.64 Å². The average Bonchev–Trinajstić information content (AvgIpc) is 2.88. The predicted octanol–water partition coefficient (Wildman–Crippen LogP) is 0.0570. The first-order valence-corrected chi connectivity index (χ1v) is 10.8. The first kappa shape index (κ1) is 18.5. The molecule has 3 aliphatic rings. The van der Waals surface area contributed by atoms with Gasteiger partial charge in [0.2, 0.25) is 0 Å². The van der Waals surface area contributed by atoms with Gasteiger partial charge in [0, 0.05) is 58.9 Å². The summed E-state index contributed by atoms with van der Waals surface area (Å²) in [4.78, 5) is 4.86. The Morgan fingerprint density at radius 2 is 1.21 bits per heavy atom. The first-order valence-electron chi connectivity index (χ1n) is 9.44. The number of hydrogen-bond acceptors (Lipinski definition) is 5. The van der Waals surface area contributed by atoms with Crippen LogP contribution in [0.1, 0.15) is 25.7 Å². The molecule has 0 aromatic carbocycles. The number of hydrogen-bond donors (Lipinski definition) is 0. The molecule has 0 saturated carbocycles. The summed E-state index contributed by atoms with van der Waals surface area (Å²) < 4.78 is 34.4. The van der Waals surface area contributed by atoms with Crippen molar-refractivity contribution < 1.29 is 13.2 Å². The minimum atomic E-state index is -3.25. The fourth-order valence-corrected chi connectivity index (χ4v) is 5.49. The zero-order chi connectivity index (χ0) is 16.8. The Labute approximate surface area is 146 Å². The molecule has 0 radical (unpaired) electrons. The van der Waals surface area contributed by atoms with Gasteiger partial charge in [0.1, 0.15) is 0 Å². The van der Waals surface area contributed by atoms with E-state index in [4.69, 9.17) is 4.74 Å². The third kappa shape index (κ3) is 4.89. The van der Waals surface area contributed by atoms with E-state index in [2.05, 4.69) is 9.80 Å². The highest BCUT2D eigenvalue weighted by Gasteiger charge is 2.31. The van der Waals surface area contributed by atoms with Crippen molar-refractivity contribution in [3.63, 3.8) is 0 Å². The average molecular weight is 361 g/mol. The molecular weight excluding hydrogens is 328 g/mol. The largest absolute Gasteiger partial charge is 0.379 e. The summed E-state index contributed by atoms with van der Waals surface area (Å²) >= 11 is 0. The maximum Gasteiger partial charge on any atom is 0.282 e. The predicted molar refractivity (Wildman–Crippen MR) is 94.2 cm³/mol. The van der Waals surface area contributed by atoms with E-state index >= 15 is 0 Å². The zero-order valence-electron chi connectivity index (χ0n) is 14.7. The third-order valence-corrected chi connectivity index (χ3v) is 7.39. The molecule has 0 atom stereocenters. The van der Waals surface area contributed by atoms with Crippen molar-refractivity contribution in [2.75, 3.05) is 78.7 Å². The smallest absolute Gasteiger partial charge is 0.282 e. The van der Waals surface area contributed by atoms with Gasteiger partial charge >= 0.3 is 0 Å². The minimum Gasteiger partial charge on any atom is -0.379 e. The summed E-state index contributed by atoms with van der Waals surface area (Å²) in [5, 5.41) is 0. The fraction of sp³-hybridized carbons (Fsp3) is 1.00. The molecule has 0 aliphatic carbocycles. The summed E-state index contributed by atoms with van der Waals surface area (Å²) in [6, 6.07) is 0. The molecule has 8 heteroatoms. The van der Waals surface area contributed by atoms with E-state index in [9.17, 15) is 8.42 Å². The van der Waals surface area contributed by atoms with Crippen LogP contribution in [-0.4, -0.2) is 105 Å². The lowest BCUT2D eigenvalue weighted by Crippen LogP contribution is -2.47. The highest BCUT2D eigenvalue weighted by molar-refractivity contribution is 7.86. The summed E-state index contributed by atoms with van der Waals surface area (Å²) in [6.07, 6.45) is 4.08. The van der Waals surface area contributed by atoms with Crippen LogP contribution in [-0.2, 0) is 14.9 Å². The molecule has 0 amide bonds. The van der Waals surface area contributed by atoms with Gasteiger partial charge in [0.15, 0.2) is 0 Å². The number of piperidine rings is 1. The van der Waals surface area contributed by atoms with Gasteiger partial charge in [-0.05, 0) is 25.8 Å². The second kappa shape index (κ2) is 8.91. The Bertz CT molecular complexity index is 476. The number of ether oxygens (including phenoxy) is 1. The van der Waals surface area contributed by atoms with Crippen LogP contribution in [0, 0.1) is 0 Å². The SMILES string of the molecule is O=S(=O)(N1CCCCC1)N1CCCN(CCN2CCOCC2)CC1. The van der Waals surface area contributed by atoms with Crippen molar-refractivity contribution in [3.05, 3.63) is 0 Å². The zero-order valence-corrected chi connectivity index (χ0v) is 15.6. The maximum atomic E-state index is 12.8. The van der Waals surface area contributed by atoms with E-state index in [1.807, 2.05) is 0 Å². The van der Waals surface area contributed by atoms with Gasteiger partial charge in [-0.15, -0.1) is 0 Å². The highest BCUT2D eigenvalue weighted by atomic mass is 32.2. The Balaban J connectivity index is 1.47. The number of rotatable bonds is 5. The van der Waals surface area contributed by atoms with Crippen molar-refractivity contribution in [2.24, 2.45) is 0 Å². The third-order valence-electron chi connectivity index (χ3n) is 5.35. The van der Waals surface area contributed by atoms with Crippen LogP contribution in [0.15, 0.2) is 0 Å². The quantitative estimate of drug-likeness (QED) is 0.694. The van der Waals surface area contributed by atoms with Gasteiger partial charge in [-0.1, -0.05) is 6.42 Å². The van der Waals surface area contributed by atoms with Gasteiger partial charge in [-0.25, -0.2) is 0 Å². The van der Waals surface area contributed by atoms with E-state index in [0.717, 1.165) is 78.2 Å². The van der Waals surface area contributed by atoms with E-state index in [-0.39, 0.29) is 0 Å². The van der Waals surface area contributed by atoms with Crippen LogP contribution in [0.4, 0.5) is 0 Å². The molecule has 3 fully saturated rings. The maximum absolute atomic E-state index is 12.8. The second-order valence-electron chi connectivity index (χ2n) is 7.02. The molecule has 0 N–H and O–H groups in total. The number of morpholine rings is 1. The van der Waals surface area contributed by atoms with Crippen LogP contribution in [0.3, 0.4) is 0 Å². The monoisotopic (exact) mass is 360 g/mol. The van der Waals surface area contributed by atoms with Gasteiger partial charge in [0.25, 0.3) is 10.2 Å². The molecule has 3 rings (SSSR count). The van der Waals surface area contributed by atoms with Crippen molar-refractivity contribution in [2.45, 2.75) is 25.7 Å². The summed E-state index contributed by atoms with van der Waals surface area (Å²) in [6.45, 7) is 10.3.